The van der Waals surface area contributed by atoms with Gasteiger partial charge in [-0.05, 0) is 31.7 Å². The Kier molecular flexibility index (Phi) is 3.22. The first-order chi connectivity index (χ1) is 7.70. The van der Waals surface area contributed by atoms with Crippen LogP contribution in [0.3, 0.4) is 0 Å². The number of halogens is 1. The highest BCUT2D eigenvalue weighted by atomic mass is 35.5. The number of nitrogens with zero attached hydrogens (tertiary/aromatic N) is 3. The fourth-order valence-electron chi connectivity index (χ4n) is 1.46. The van der Waals surface area contributed by atoms with Crippen LogP contribution in [0.25, 0.3) is 5.82 Å². The molecule has 0 radical (unpaired) electrons. The van der Waals surface area contributed by atoms with Gasteiger partial charge in [0.05, 0.1) is 16.9 Å². The van der Waals surface area contributed by atoms with Crippen LogP contribution in [0, 0.1) is 6.92 Å². The van der Waals surface area contributed by atoms with Crippen LogP contribution in [0.15, 0.2) is 24.5 Å². The number of hydrogen-bond donors (Lipinski definition) is 1. The molecule has 0 spiro atoms. The molecular formula is C11H13ClN4. The highest BCUT2D eigenvalue weighted by Gasteiger charge is 2.05. The Balaban J connectivity index is 2.36. The molecule has 0 amide bonds. The van der Waals surface area contributed by atoms with Crippen LogP contribution >= 0.6 is 11.6 Å². The second-order valence-electron chi connectivity index (χ2n) is 3.56. The quantitative estimate of drug-likeness (QED) is 0.886. The van der Waals surface area contributed by atoms with Crippen LogP contribution in [0.2, 0.25) is 5.02 Å². The van der Waals surface area contributed by atoms with E-state index in [9.17, 15) is 0 Å². The minimum absolute atomic E-state index is 0.654. The van der Waals surface area contributed by atoms with Crippen molar-refractivity contribution in [3.63, 3.8) is 0 Å². The highest BCUT2D eigenvalue weighted by molar-refractivity contribution is 6.31. The Morgan fingerprint density at radius 3 is 2.94 bits per heavy atom. The maximum Gasteiger partial charge on any atom is 0.153 e. The van der Waals surface area contributed by atoms with Crippen LogP contribution in [-0.4, -0.2) is 21.8 Å². The second kappa shape index (κ2) is 4.63. The summed E-state index contributed by atoms with van der Waals surface area (Å²) < 4.78 is 1.69. The van der Waals surface area contributed by atoms with Gasteiger partial charge in [0, 0.05) is 12.7 Å². The number of aromatic nitrogens is 3. The third-order valence-corrected chi connectivity index (χ3v) is 2.64. The first-order valence-electron chi connectivity index (χ1n) is 5.02. The zero-order chi connectivity index (χ0) is 11.5. The minimum atomic E-state index is 0.654. The lowest BCUT2D eigenvalue weighted by Crippen LogP contribution is -2.06. The van der Waals surface area contributed by atoms with E-state index in [0.29, 0.717) is 5.02 Å². The van der Waals surface area contributed by atoms with Gasteiger partial charge in [0.1, 0.15) is 0 Å². The van der Waals surface area contributed by atoms with E-state index in [-0.39, 0.29) is 0 Å². The van der Waals surface area contributed by atoms with Gasteiger partial charge in [0.15, 0.2) is 5.82 Å². The second-order valence-corrected chi connectivity index (χ2v) is 3.97. The van der Waals surface area contributed by atoms with E-state index in [4.69, 9.17) is 11.6 Å². The Labute approximate surface area is 99.3 Å². The average molecular weight is 237 g/mol. The van der Waals surface area contributed by atoms with E-state index >= 15 is 0 Å². The van der Waals surface area contributed by atoms with Gasteiger partial charge in [0.2, 0.25) is 0 Å². The molecule has 0 unspecified atom stereocenters. The molecule has 0 saturated heterocycles. The van der Waals surface area contributed by atoms with Crippen molar-refractivity contribution in [2.45, 2.75) is 13.5 Å². The van der Waals surface area contributed by atoms with E-state index in [1.165, 1.54) is 0 Å². The molecule has 0 aliphatic carbocycles. The summed E-state index contributed by atoms with van der Waals surface area (Å²) in [6, 6.07) is 3.96. The van der Waals surface area contributed by atoms with E-state index in [1.807, 2.05) is 26.1 Å². The summed E-state index contributed by atoms with van der Waals surface area (Å²) in [6.45, 7) is 2.68. The molecule has 0 saturated carbocycles. The topological polar surface area (TPSA) is 42.7 Å². The molecule has 1 N–H and O–H groups in total. The van der Waals surface area contributed by atoms with Crippen molar-refractivity contribution in [3.05, 3.63) is 40.8 Å². The number of aryl methyl sites for hydroxylation is 1. The lowest BCUT2D eigenvalue weighted by Gasteiger charge is -2.03. The number of pyridine rings is 1. The molecule has 2 aromatic rings. The Hall–Kier alpha value is -1.39. The molecule has 16 heavy (non-hydrogen) atoms. The van der Waals surface area contributed by atoms with Gasteiger partial charge >= 0.3 is 0 Å². The normalized spacial score (nSPS) is 10.7. The predicted molar refractivity (Wildman–Crippen MR) is 63.9 cm³/mol. The molecule has 0 fully saturated rings. The van der Waals surface area contributed by atoms with Crippen molar-refractivity contribution in [1.82, 2.24) is 20.1 Å². The minimum Gasteiger partial charge on any atom is -0.316 e. The first kappa shape index (κ1) is 11.1. The zero-order valence-electron chi connectivity index (χ0n) is 9.24. The van der Waals surface area contributed by atoms with E-state index < -0.39 is 0 Å². The van der Waals surface area contributed by atoms with Gasteiger partial charge < -0.3 is 5.32 Å². The molecule has 2 aromatic heterocycles. The lowest BCUT2D eigenvalue weighted by molar-refractivity contribution is 0.797. The Morgan fingerprint density at radius 1 is 1.50 bits per heavy atom. The highest BCUT2D eigenvalue weighted by Crippen LogP contribution is 2.15. The molecular weight excluding hydrogens is 224 g/mol. The van der Waals surface area contributed by atoms with Gasteiger partial charge in [-0.1, -0.05) is 11.6 Å². The molecule has 0 aromatic carbocycles. The summed E-state index contributed by atoms with van der Waals surface area (Å²) in [5.41, 5.74) is 1.97. The van der Waals surface area contributed by atoms with Crippen molar-refractivity contribution in [2.75, 3.05) is 7.05 Å². The monoisotopic (exact) mass is 236 g/mol. The third kappa shape index (κ3) is 2.23. The Bertz CT molecular complexity index is 473. The molecule has 4 nitrogen and oxygen atoms in total. The summed E-state index contributed by atoms with van der Waals surface area (Å²) in [6.07, 6.45) is 3.54. The molecule has 0 atom stereocenters. The molecule has 0 bridgehead atoms. The van der Waals surface area contributed by atoms with Crippen molar-refractivity contribution in [3.8, 4) is 5.82 Å². The largest absolute Gasteiger partial charge is 0.316 e. The standard InChI is InChI=1S/C11H13ClN4/c1-8-10(12)7-16(15-8)11-5-9(6-13-2)3-4-14-11/h3-5,7,13H,6H2,1-2H3. The smallest absolute Gasteiger partial charge is 0.153 e. The van der Waals surface area contributed by atoms with Crippen LogP contribution in [0.4, 0.5) is 0 Å². The molecule has 2 rings (SSSR count). The van der Waals surface area contributed by atoms with E-state index in [2.05, 4.69) is 15.4 Å². The lowest BCUT2D eigenvalue weighted by atomic mass is 10.2. The van der Waals surface area contributed by atoms with Gasteiger partial charge in [-0.3, -0.25) is 0 Å². The summed E-state index contributed by atoms with van der Waals surface area (Å²) in [5.74, 6) is 0.780. The molecule has 5 heteroatoms. The molecule has 84 valence electrons. The molecule has 0 aliphatic heterocycles. The van der Waals surface area contributed by atoms with Crippen molar-refractivity contribution in [2.24, 2.45) is 0 Å². The van der Waals surface area contributed by atoms with Gasteiger partial charge in [0.25, 0.3) is 0 Å². The average Bonchev–Trinajstić information content (AvgIpc) is 2.60. The van der Waals surface area contributed by atoms with Gasteiger partial charge in [-0.2, -0.15) is 5.10 Å². The zero-order valence-corrected chi connectivity index (χ0v) is 9.99. The number of rotatable bonds is 3. The maximum atomic E-state index is 5.96. The molecule has 2 heterocycles. The fraction of sp³-hybridized carbons (Fsp3) is 0.273. The van der Waals surface area contributed by atoms with E-state index in [1.54, 1.807) is 17.1 Å². The van der Waals surface area contributed by atoms with Crippen molar-refractivity contribution >= 4 is 11.6 Å². The maximum absolute atomic E-state index is 5.96. The first-order valence-corrected chi connectivity index (χ1v) is 5.40. The molecule has 0 aliphatic rings. The van der Waals surface area contributed by atoms with Gasteiger partial charge in [-0.15, -0.1) is 0 Å². The van der Waals surface area contributed by atoms with Crippen LogP contribution in [0.5, 0.6) is 0 Å². The van der Waals surface area contributed by atoms with E-state index in [0.717, 1.165) is 23.6 Å². The summed E-state index contributed by atoms with van der Waals surface area (Å²) in [5, 5.41) is 8.03. The predicted octanol–water partition coefficient (Wildman–Crippen LogP) is 1.95. The van der Waals surface area contributed by atoms with Crippen molar-refractivity contribution < 1.29 is 0 Å². The third-order valence-electron chi connectivity index (χ3n) is 2.26. The summed E-state index contributed by atoms with van der Waals surface area (Å²) in [4.78, 5) is 4.26. The SMILES string of the molecule is CNCc1ccnc(-n2cc(Cl)c(C)n2)c1. The van der Waals surface area contributed by atoms with Crippen LogP contribution < -0.4 is 5.32 Å². The summed E-state index contributed by atoms with van der Waals surface area (Å²) in [7, 11) is 1.91. The van der Waals surface area contributed by atoms with Gasteiger partial charge in [-0.25, -0.2) is 9.67 Å². The summed E-state index contributed by atoms with van der Waals surface area (Å²) >= 11 is 5.96. The number of hydrogen-bond acceptors (Lipinski definition) is 3. The Morgan fingerprint density at radius 2 is 2.31 bits per heavy atom. The van der Waals surface area contributed by atoms with Crippen LogP contribution in [0.1, 0.15) is 11.3 Å². The fourth-order valence-corrected chi connectivity index (χ4v) is 1.59. The number of nitrogens with one attached hydrogen (secondary N) is 1. The van der Waals surface area contributed by atoms with Crippen molar-refractivity contribution in [1.29, 1.82) is 0 Å². The van der Waals surface area contributed by atoms with Crippen LogP contribution in [-0.2, 0) is 6.54 Å².